The molecule has 0 aliphatic heterocycles. The van der Waals surface area contributed by atoms with Crippen molar-refractivity contribution in [3.63, 3.8) is 0 Å². The van der Waals surface area contributed by atoms with Crippen LogP contribution in [-0.4, -0.2) is 22.9 Å². The lowest BCUT2D eigenvalue weighted by Crippen LogP contribution is -2.02. The molecule has 0 unspecified atom stereocenters. The molecule has 2 aromatic carbocycles. The Morgan fingerprint density at radius 2 is 1.83 bits per heavy atom. The summed E-state index contributed by atoms with van der Waals surface area (Å²) in [6, 6.07) is 9.41. The number of methoxy groups -OCH3 is 1. The molecule has 0 aliphatic rings. The van der Waals surface area contributed by atoms with Crippen molar-refractivity contribution in [3.8, 4) is 0 Å². The van der Waals surface area contributed by atoms with Crippen molar-refractivity contribution < 1.29 is 19.4 Å². The average Bonchev–Trinajstić information content (AvgIpc) is 2.54. The van der Waals surface area contributed by atoms with Crippen molar-refractivity contribution >= 4 is 28.7 Å². The highest BCUT2D eigenvalue weighted by molar-refractivity contribution is 5.90. The van der Waals surface area contributed by atoms with Gasteiger partial charge in [0.25, 0.3) is 11.4 Å². The maximum absolute atomic E-state index is 11.5. The number of benzene rings is 2. The van der Waals surface area contributed by atoms with Gasteiger partial charge in [0.1, 0.15) is 5.69 Å². The second-order valence-corrected chi connectivity index (χ2v) is 4.41. The second kappa shape index (κ2) is 6.52. The third kappa shape index (κ3) is 3.59. The predicted octanol–water partition coefficient (Wildman–Crippen LogP) is 3.03. The number of esters is 1. The molecule has 0 heterocycles. The number of nitrogens with one attached hydrogen (secondary N) is 1. The number of anilines is 2. The molecule has 9 nitrogen and oxygen atoms in total. The average molecular weight is 317 g/mol. The van der Waals surface area contributed by atoms with Gasteiger partial charge in [0, 0.05) is 11.8 Å². The first kappa shape index (κ1) is 15.9. The van der Waals surface area contributed by atoms with E-state index in [0.29, 0.717) is 5.69 Å². The van der Waals surface area contributed by atoms with Gasteiger partial charge in [-0.1, -0.05) is 6.07 Å². The maximum Gasteiger partial charge on any atom is 0.337 e. The first-order valence-electron chi connectivity index (χ1n) is 6.30. The zero-order valence-electron chi connectivity index (χ0n) is 11.9. The van der Waals surface area contributed by atoms with Crippen molar-refractivity contribution in [3.05, 3.63) is 68.3 Å². The first-order chi connectivity index (χ1) is 10.9. The van der Waals surface area contributed by atoms with Gasteiger partial charge in [0.15, 0.2) is 0 Å². The van der Waals surface area contributed by atoms with Crippen molar-refractivity contribution in [2.24, 2.45) is 0 Å². The van der Waals surface area contributed by atoms with Crippen molar-refractivity contribution in [2.75, 3.05) is 12.4 Å². The van der Waals surface area contributed by atoms with Gasteiger partial charge in [-0.05, 0) is 24.3 Å². The number of rotatable bonds is 5. The number of non-ortho nitro benzene ring substituents is 1. The smallest absolute Gasteiger partial charge is 0.337 e. The van der Waals surface area contributed by atoms with E-state index in [1.54, 1.807) is 12.1 Å². The van der Waals surface area contributed by atoms with E-state index in [0.717, 1.165) is 12.1 Å². The van der Waals surface area contributed by atoms with Crippen LogP contribution < -0.4 is 5.32 Å². The number of nitro groups is 2. The van der Waals surface area contributed by atoms with E-state index in [1.807, 2.05) is 0 Å². The van der Waals surface area contributed by atoms with E-state index < -0.39 is 21.5 Å². The third-order valence-electron chi connectivity index (χ3n) is 2.95. The number of carbonyl (C=O) groups is 1. The van der Waals surface area contributed by atoms with Gasteiger partial charge in [0.05, 0.1) is 28.6 Å². The number of carbonyl (C=O) groups excluding carboxylic acids is 1. The molecule has 0 aromatic heterocycles. The summed E-state index contributed by atoms with van der Waals surface area (Å²) in [7, 11) is 1.24. The molecular weight excluding hydrogens is 306 g/mol. The van der Waals surface area contributed by atoms with Crippen LogP contribution in [0.15, 0.2) is 42.5 Å². The van der Waals surface area contributed by atoms with Gasteiger partial charge in [0.2, 0.25) is 0 Å². The highest BCUT2D eigenvalue weighted by Gasteiger charge is 2.19. The molecule has 9 heteroatoms. The zero-order chi connectivity index (χ0) is 17.0. The Labute approximate surface area is 129 Å². The van der Waals surface area contributed by atoms with Crippen LogP contribution in [0.3, 0.4) is 0 Å². The SMILES string of the molecule is COC(=O)c1cccc(Nc2ccc([N+](=O)[O-])cc2[N+](=O)[O-])c1. The molecule has 0 radical (unpaired) electrons. The molecule has 0 atom stereocenters. The number of hydrogen-bond acceptors (Lipinski definition) is 7. The van der Waals surface area contributed by atoms with E-state index in [2.05, 4.69) is 10.1 Å². The third-order valence-corrected chi connectivity index (χ3v) is 2.95. The minimum Gasteiger partial charge on any atom is -0.465 e. The quantitative estimate of drug-likeness (QED) is 0.510. The Morgan fingerprint density at radius 3 is 2.43 bits per heavy atom. The summed E-state index contributed by atoms with van der Waals surface area (Å²) in [5.41, 5.74) is -0.0808. The fourth-order valence-electron chi connectivity index (χ4n) is 1.89. The summed E-state index contributed by atoms with van der Waals surface area (Å²) in [4.78, 5) is 31.8. The van der Waals surface area contributed by atoms with Crippen LogP contribution in [0.1, 0.15) is 10.4 Å². The Kier molecular flexibility index (Phi) is 4.50. The minimum absolute atomic E-state index is 0.0719. The normalized spacial score (nSPS) is 9.96. The largest absolute Gasteiger partial charge is 0.465 e. The number of nitrogens with zero attached hydrogens (tertiary/aromatic N) is 2. The van der Waals surface area contributed by atoms with Gasteiger partial charge < -0.3 is 10.1 Å². The van der Waals surface area contributed by atoms with E-state index in [-0.39, 0.29) is 16.9 Å². The standard InChI is InChI=1S/C14H11N3O6/c1-23-14(18)9-3-2-4-10(7-9)15-12-6-5-11(16(19)20)8-13(12)17(21)22/h2-8,15H,1H3. The fourth-order valence-corrected chi connectivity index (χ4v) is 1.89. The first-order valence-corrected chi connectivity index (χ1v) is 6.30. The van der Waals surface area contributed by atoms with E-state index in [4.69, 9.17) is 0 Å². The summed E-state index contributed by atoms with van der Waals surface area (Å²) in [6.07, 6.45) is 0. The summed E-state index contributed by atoms with van der Waals surface area (Å²) in [5.74, 6) is -0.549. The van der Waals surface area contributed by atoms with Gasteiger partial charge in [-0.15, -0.1) is 0 Å². The Balaban J connectivity index is 2.38. The lowest BCUT2D eigenvalue weighted by Gasteiger charge is -2.08. The lowest BCUT2D eigenvalue weighted by molar-refractivity contribution is -0.393. The lowest BCUT2D eigenvalue weighted by atomic mass is 10.2. The number of hydrogen-bond donors (Lipinski definition) is 1. The van der Waals surface area contributed by atoms with Gasteiger partial charge in [-0.3, -0.25) is 20.2 Å². The van der Waals surface area contributed by atoms with E-state index >= 15 is 0 Å². The predicted molar refractivity (Wildman–Crippen MR) is 80.8 cm³/mol. The monoisotopic (exact) mass is 317 g/mol. The molecule has 0 amide bonds. The van der Waals surface area contributed by atoms with Crippen LogP contribution in [-0.2, 0) is 4.74 Å². The van der Waals surface area contributed by atoms with E-state index in [1.165, 1.54) is 25.3 Å². The highest BCUT2D eigenvalue weighted by atomic mass is 16.6. The van der Waals surface area contributed by atoms with Crippen LogP contribution in [0.4, 0.5) is 22.7 Å². The molecule has 0 bridgehead atoms. The molecule has 0 aliphatic carbocycles. The Hall–Kier alpha value is -3.49. The topological polar surface area (TPSA) is 125 Å². The molecule has 2 aromatic rings. The van der Waals surface area contributed by atoms with Crippen molar-refractivity contribution in [1.29, 1.82) is 0 Å². The fraction of sp³-hybridized carbons (Fsp3) is 0.0714. The van der Waals surface area contributed by atoms with Crippen LogP contribution >= 0.6 is 0 Å². The number of ether oxygens (including phenoxy) is 1. The molecule has 0 saturated heterocycles. The van der Waals surface area contributed by atoms with Gasteiger partial charge in [-0.25, -0.2) is 4.79 Å². The molecule has 0 saturated carbocycles. The molecular formula is C14H11N3O6. The second-order valence-electron chi connectivity index (χ2n) is 4.41. The Bertz CT molecular complexity index is 790. The van der Waals surface area contributed by atoms with Crippen molar-refractivity contribution in [1.82, 2.24) is 0 Å². The summed E-state index contributed by atoms with van der Waals surface area (Å²) >= 11 is 0. The molecule has 118 valence electrons. The zero-order valence-corrected chi connectivity index (χ0v) is 11.9. The van der Waals surface area contributed by atoms with Gasteiger partial charge in [-0.2, -0.15) is 0 Å². The van der Waals surface area contributed by atoms with Crippen LogP contribution in [0.5, 0.6) is 0 Å². The van der Waals surface area contributed by atoms with Crippen LogP contribution in [0.2, 0.25) is 0 Å². The van der Waals surface area contributed by atoms with Crippen LogP contribution in [0, 0.1) is 20.2 Å². The molecule has 0 spiro atoms. The van der Waals surface area contributed by atoms with Crippen LogP contribution in [0.25, 0.3) is 0 Å². The molecule has 0 fully saturated rings. The highest BCUT2D eigenvalue weighted by Crippen LogP contribution is 2.31. The summed E-state index contributed by atoms with van der Waals surface area (Å²) < 4.78 is 4.60. The Morgan fingerprint density at radius 1 is 1.09 bits per heavy atom. The summed E-state index contributed by atoms with van der Waals surface area (Å²) in [5, 5.41) is 24.6. The van der Waals surface area contributed by atoms with Gasteiger partial charge >= 0.3 is 5.97 Å². The van der Waals surface area contributed by atoms with Crippen molar-refractivity contribution in [2.45, 2.75) is 0 Å². The molecule has 2 rings (SSSR count). The minimum atomic E-state index is -0.723. The number of nitro benzene ring substituents is 2. The maximum atomic E-state index is 11.5. The summed E-state index contributed by atoms with van der Waals surface area (Å²) in [6.45, 7) is 0. The molecule has 23 heavy (non-hydrogen) atoms. The van der Waals surface area contributed by atoms with E-state index in [9.17, 15) is 25.0 Å². The molecule has 1 N–H and O–H groups in total.